The zero-order chi connectivity index (χ0) is 10.1. The summed E-state index contributed by atoms with van der Waals surface area (Å²) in [6.45, 7) is 3.57. The van der Waals surface area contributed by atoms with Crippen LogP contribution >= 0.6 is 11.6 Å². The van der Waals surface area contributed by atoms with Gasteiger partial charge in [0.2, 0.25) is 5.43 Å². The second-order valence-electron chi connectivity index (χ2n) is 2.85. The average Bonchev–Trinajstić information content (AvgIpc) is 2.60. The first-order valence-corrected chi connectivity index (χ1v) is 4.46. The highest BCUT2D eigenvalue weighted by Crippen LogP contribution is 2.09. The molecule has 5 heteroatoms. The van der Waals surface area contributed by atoms with Crippen molar-refractivity contribution in [2.75, 3.05) is 0 Å². The van der Waals surface area contributed by atoms with Crippen LogP contribution in [0.3, 0.4) is 0 Å². The van der Waals surface area contributed by atoms with Crippen molar-refractivity contribution in [3.05, 3.63) is 46.0 Å². The average molecular weight is 210 g/mol. The minimum atomic E-state index is -0.154. The van der Waals surface area contributed by atoms with Gasteiger partial charge in [0.1, 0.15) is 5.15 Å². The van der Waals surface area contributed by atoms with E-state index in [0.717, 1.165) is 0 Å². The maximum Gasteiger partial charge on any atom is 0.229 e. The van der Waals surface area contributed by atoms with Gasteiger partial charge in [-0.3, -0.25) is 9.89 Å². The Morgan fingerprint density at radius 2 is 2.50 bits per heavy atom. The van der Waals surface area contributed by atoms with Crippen LogP contribution in [-0.2, 0) is 6.42 Å². The van der Waals surface area contributed by atoms with Gasteiger partial charge in [0.15, 0.2) is 5.65 Å². The Balaban J connectivity index is 2.82. The van der Waals surface area contributed by atoms with Gasteiger partial charge >= 0.3 is 0 Å². The lowest BCUT2D eigenvalue weighted by atomic mass is 10.2. The fourth-order valence-electron chi connectivity index (χ4n) is 1.30. The summed E-state index contributed by atoms with van der Waals surface area (Å²) in [6, 6.07) is 0. The molecule has 2 rings (SSSR count). The number of aromatic amines is 1. The maximum absolute atomic E-state index is 11.8. The topological polar surface area (TPSA) is 50.2 Å². The van der Waals surface area contributed by atoms with Crippen molar-refractivity contribution in [3.63, 3.8) is 0 Å². The Labute approximate surface area is 84.8 Å². The van der Waals surface area contributed by atoms with Crippen molar-refractivity contribution >= 4 is 17.2 Å². The fourth-order valence-corrected chi connectivity index (χ4v) is 1.55. The van der Waals surface area contributed by atoms with Crippen LogP contribution in [0, 0.1) is 0 Å². The molecule has 0 aliphatic rings. The van der Waals surface area contributed by atoms with E-state index >= 15 is 0 Å². The van der Waals surface area contributed by atoms with Crippen molar-refractivity contribution in [2.24, 2.45) is 0 Å². The van der Waals surface area contributed by atoms with E-state index in [1.165, 1.54) is 4.52 Å². The highest BCUT2D eigenvalue weighted by Gasteiger charge is 2.09. The van der Waals surface area contributed by atoms with E-state index in [2.05, 4.69) is 16.7 Å². The van der Waals surface area contributed by atoms with Gasteiger partial charge in [-0.15, -0.1) is 6.58 Å². The Morgan fingerprint density at radius 3 is 3.21 bits per heavy atom. The highest BCUT2D eigenvalue weighted by molar-refractivity contribution is 6.30. The van der Waals surface area contributed by atoms with Crippen molar-refractivity contribution in [1.82, 2.24) is 14.6 Å². The van der Waals surface area contributed by atoms with Crippen molar-refractivity contribution in [3.8, 4) is 0 Å². The van der Waals surface area contributed by atoms with E-state index in [1.54, 1.807) is 18.5 Å². The van der Waals surface area contributed by atoms with Gasteiger partial charge in [0, 0.05) is 18.0 Å². The second-order valence-corrected chi connectivity index (χ2v) is 3.23. The largest absolute Gasteiger partial charge is 0.285 e. The normalized spacial score (nSPS) is 10.6. The van der Waals surface area contributed by atoms with Gasteiger partial charge < -0.3 is 0 Å². The lowest BCUT2D eigenvalue weighted by molar-refractivity contribution is 0.911. The molecule has 4 nitrogen and oxygen atoms in total. The van der Waals surface area contributed by atoms with E-state index in [4.69, 9.17) is 11.6 Å². The van der Waals surface area contributed by atoms with E-state index in [0.29, 0.717) is 22.8 Å². The van der Waals surface area contributed by atoms with E-state index in [1.807, 2.05) is 0 Å². The predicted molar refractivity (Wildman–Crippen MR) is 54.7 cm³/mol. The minimum Gasteiger partial charge on any atom is -0.285 e. The Bertz CT molecular complexity index is 540. The Morgan fingerprint density at radius 1 is 1.71 bits per heavy atom. The van der Waals surface area contributed by atoms with Crippen LogP contribution in [0.1, 0.15) is 5.56 Å². The molecule has 0 radical (unpaired) electrons. The number of H-pyrrole nitrogens is 1. The molecule has 14 heavy (non-hydrogen) atoms. The molecule has 72 valence electrons. The summed E-state index contributed by atoms with van der Waals surface area (Å²) in [4.78, 5) is 15.7. The lowest BCUT2D eigenvalue weighted by Gasteiger charge is -2.01. The molecule has 0 atom stereocenters. The first-order chi connectivity index (χ1) is 6.74. The Kier molecular flexibility index (Phi) is 2.13. The number of fused-ring (bicyclic) bond motifs is 1. The molecular weight excluding hydrogens is 202 g/mol. The van der Waals surface area contributed by atoms with Gasteiger partial charge in [0.05, 0.1) is 0 Å². The van der Waals surface area contributed by atoms with E-state index in [9.17, 15) is 4.79 Å². The molecule has 0 unspecified atom stereocenters. The van der Waals surface area contributed by atoms with Gasteiger partial charge in [-0.1, -0.05) is 17.7 Å². The van der Waals surface area contributed by atoms with Crippen LogP contribution in [-0.4, -0.2) is 14.6 Å². The summed E-state index contributed by atoms with van der Waals surface area (Å²) in [5.41, 5.74) is 0.699. The minimum absolute atomic E-state index is 0.154. The molecule has 0 aliphatic carbocycles. The van der Waals surface area contributed by atoms with Gasteiger partial charge in [0.25, 0.3) is 0 Å². The van der Waals surface area contributed by atoms with Crippen LogP contribution in [0.25, 0.3) is 5.65 Å². The number of hydrogen-bond donors (Lipinski definition) is 1. The number of allylic oxidation sites excluding steroid dienone is 1. The predicted octanol–water partition coefficient (Wildman–Crippen LogP) is 1.40. The molecule has 2 aromatic rings. The zero-order valence-electron chi connectivity index (χ0n) is 7.33. The van der Waals surface area contributed by atoms with Gasteiger partial charge in [-0.05, 0) is 6.42 Å². The molecule has 0 saturated carbocycles. The smallest absolute Gasteiger partial charge is 0.229 e. The number of rotatable bonds is 2. The molecule has 0 amide bonds. The van der Waals surface area contributed by atoms with Crippen LogP contribution in [0.15, 0.2) is 29.8 Å². The molecule has 0 fully saturated rings. The molecule has 2 heterocycles. The molecular formula is C9H8ClN3O. The van der Waals surface area contributed by atoms with Gasteiger partial charge in [-0.25, -0.2) is 9.50 Å². The number of hydrogen-bond acceptors (Lipinski definition) is 2. The van der Waals surface area contributed by atoms with E-state index < -0.39 is 0 Å². The van der Waals surface area contributed by atoms with Gasteiger partial charge in [-0.2, -0.15) is 0 Å². The van der Waals surface area contributed by atoms with Crippen molar-refractivity contribution < 1.29 is 0 Å². The summed E-state index contributed by atoms with van der Waals surface area (Å²) in [6.07, 6.45) is 5.26. The summed E-state index contributed by atoms with van der Waals surface area (Å²) < 4.78 is 1.50. The highest BCUT2D eigenvalue weighted by atomic mass is 35.5. The quantitative estimate of drug-likeness (QED) is 0.761. The third-order valence-electron chi connectivity index (χ3n) is 1.95. The molecule has 0 aliphatic heterocycles. The third-order valence-corrected chi connectivity index (χ3v) is 2.26. The third kappa shape index (κ3) is 1.24. The van der Waals surface area contributed by atoms with Crippen molar-refractivity contribution in [1.29, 1.82) is 0 Å². The van der Waals surface area contributed by atoms with Crippen LogP contribution in [0.5, 0.6) is 0 Å². The number of nitrogens with zero attached hydrogens (tertiary/aromatic N) is 2. The maximum atomic E-state index is 11.8. The van der Waals surface area contributed by atoms with Crippen LogP contribution in [0.4, 0.5) is 0 Å². The van der Waals surface area contributed by atoms with Crippen molar-refractivity contribution in [2.45, 2.75) is 6.42 Å². The number of imidazole rings is 1. The molecule has 0 aromatic carbocycles. The first-order valence-electron chi connectivity index (χ1n) is 4.08. The molecule has 0 spiro atoms. The molecule has 0 saturated heterocycles. The summed E-state index contributed by atoms with van der Waals surface area (Å²) in [7, 11) is 0. The number of halogens is 1. The first kappa shape index (κ1) is 9.02. The summed E-state index contributed by atoms with van der Waals surface area (Å²) in [5.74, 6) is 0. The standard InChI is InChI=1S/C9H8ClN3O/c1-2-3-6-7(14)9-11-4-5-13(9)12-8(6)10/h2,4-5,12H,1,3H2. The number of aromatic nitrogens is 3. The van der Waals surface area contributed by atoms with E-state index in [-0.39, 0.29) is 5.43 Å². The summed E-state index contributed by atoms with van der Waals surface area (Å²) in [5, 5.41) is 3.17. The fraction of sp³-hybridized carbons (Fsp3) is 0.111. The number of nitrogens with one attached hydrogen (secondary N) is 1. The molecule has 1 N–H and O–H groups in total. The van der Waals surface area contributed by atoms with Crippen LogP contribution < -0.4 is 5.43 Å². The molecule has 2 aromatic heterocycles. The molecule has 0 bridgehead atoms. The zero-order valence-corrected chi connectivity index (χ0v) is 8.08. The monoisotopic (exact) mass is 209 g/mol. The second kappa shape index (κ2) is 3.31. The Hall–Kier alpha value is -1.55. The SMILES string of the molecule is C=CCc1c(Cl)[nH]n2ccnc2c1=O. The summed E-state index contributed by atoms with van der Waals surface area (Å²) >= 11 is 5.89. The lowest BCUT2D eigenvalue weighted by Crippen LogP contribution is -2.14. The van der Waals surface area contributed by atoms with Crippen LogP contribution in [0.2, 0.25) is 5.15 Å².